The third-order valence-electron chi connectivity index (χ3n) is 3.31. The van der Waals surface area contributed by atoms with Crippen molar-refractivity contribution in [1.82, 2.24) is 4.98 Å². The summed E-state index contributed by atoms with van der Waals surface area (Å²) in [5.74, 6) is 0.196. The molecule has 2 atom stereocenters. The van der Waals surface area contributed by atoms with E-state index >= 15 is 0 Å². The molecule has 0 spiro atoms. The molecule has 1 aromatic heterocycles. The molecular weight excluding hydrogens is 216 g/mol. The number of hydrogen-bond acceptors (Lipinski definition) is 3. The molecule has 2 rings (SSSR count). The molecule has 17 heavy (non-hydrogen) atoms. The smallest absolute Gasteiger partial charge is 0.408 e. The van der Waals surface area contributed by atoms with E-state index in [2.05, 4.69) is 31.1 Å². The van der Waals surface area contributed by atoms with Gasteiger partial charge in [0.1, 0.15) is 0 Å². The molecule has 2 aromatic rings. The van der Waals surface area contributed by atoms with Crippen molar-refractivity contribution in [2.75, 3.05) is 5.32 Å². The predicted molar refractivity (Wildman–Crippen MR) is 69.4 cm³/mol. The van der Waals surface area contributed by atoms with Crippen molar-refractivity contribution in [3.05, 3.63) is 28.7 Å². The minimum absolute atomic E-state index is 0.399. The maximum Gasteiger partial charge on any atom is 0.417 e. The van der Waals surface area contributed by atoms with Crippen LogP contribution in [0.1, 0.15) is 27.2 Å². The van der Waals surface area contributed by atoms with Gasteiger partial charge in [0, 0.05) is 11.7 Å². The zero-order valence-electron chi connectivity index (χ0n) is 10.4. The number of rotatable bonds is 4. The molecule has 0 aliphatic heterocycles. The fourth-order valence-corrected chi connectivity index (χ4v) is 1.80. The zero-order chi connectivity index (χ0) is 12.4. The molecule has 1 aromatic carbocycles. The lowest BCUT2D eigenvalue weighted by Crippen LogP contribution is -2.23. The van der Waals surface area contributed by atoms with Crippen LogP contribution in [0.25, 0.3) is 11.1 Å². The van der Waals surface area contributed by atoms with Crippen LogP contribution in [0.2, 0.25) is 0 Å². The van der Waals surface area contributed by atoms with E-state index in [1.807, 2.05) is 12.1 Å². The van der Waals surface area contributed by atoms with Gasteiger partial charge in [-0.1, -0.05) is 20.3 Å². The van der Waals surface area contributed by atoms with Crippen LogP contribution < -0.4 is 11.1 Å². The van der Waals surface area contributed by atoms with Gasteiger partial charge in [0.05, 0.1) is 5.52 Å². The molecule has 1 heterocycles. The summed E-state index contributed by atoms with van der Waals surface area (Å²) in [6, 6.07) is 6.03. The monoisotopic (exact) mass is 234 g/mol. The van der Waals surface area contributed by atoms with Gasteiger partial charge in [0.2, 0.25) is 0 Å². The van der Waals surface area contributed by atoms with E-state index in [4.69, 9.17) is 4.42 Å². The first-order valence-corrected chi connectivity index (χ1v) is 5.99. The Hall–Kier alpha value is -1.71. The second kappa shape index (κ2) is 4.65. The van der Waals surface area contributed by atoms with E-state index in [9.17, 15) is 4.79 Å². The Morgan fingerprint density at radius 1 is 1.41 bits per heavy atom. The van der Waals surface area contributed by atoms with Crippen LogP contribution in [-0.2, 0) is 0 Å². The Bertz CT molecular complexity index is 556. The van der Waals surface area contributed by atoms with Crippen LogP contribution in [0.4, 0.5) is 5.69 Å². The molecule has 0 bridgehead atoms. The molecule has 0 saturated carbocycles. The zero-order valence-corrected chi connectivity index (χ0v) is 10.4. The standard InChI is InChI=1S/C13H18N2O2/c1-4-8(2)9(3)14-10-5-6-12-11(7-10)15-13(16)17-12/h5-9,14H,4H2,1-3H3,(H,15,16). The van der Waals surface area contributed by atoms with Crippen LogP contribution in [-0.4, -0.2) is 11.0 Å². The number of aromatic amines is 1. The lowest BCUT2D eigenvalue weighted by molar-refractivity contribution is 0.495. The topological polar surface area (TPSA) is 58.0 Å². The number of benzene rings is 1. The second-order valence-corrected chi connectivity index (χ2v) is 4.54. The van der Waals surface area contributed by atoms with Gasteiger partial charge in [-0.15, -0.1) is 0 Å². The Balaban J connectivity index is 2.21. The normalized spacial score (nSPS) is 14.8. The fraction of sp³-hybridized carbons (Fsp3) is 0.462. The van der Waals surface area contributed by atoms with Crippen LogP contribution in [0, 0.1) is 5.92 Å². The largest absolute Gasteiger partial charge is 0.417 e. The van der Waals surface area contributed by atoms with E-state index in [0.717, 1.165) is 17.6 Å². The van der Waals surface area contributed by atoms with Crippen molar-refractivity contribution in [2.24, 2.45) is 5.92 Å². The van der Waals surface area contributed by atoms with Gasteiger partial charge in [-0.05, 0) is 31.0 Å². The van der Waals surface area contributed by atoms with Crippen molar-refractivity contribution >= 4 is 16.8 Å². The minimum atomic E-state index is -0.410. The number of oxazole rings is 1. The summed E-state index contributed by atoms with van der Waals surface area (Å²) in [5.41, 5.74) is 2.33. The highest BCUT2D eigenvalue weighted by Gasteiger charge is 2.10. The van der Waals surface area contributed by atoms with Crippen molar-refractivity contribution in [3.63, 3.8) is 0 Å². The lowest BCUT2D eigenvalue weighted by atomic mass is 10.0. The summed E-state index contributed by atoms with van der Waals surface area (Å²) < 4.78 is 4.96. The van der Waals surface area contributed by atoms with Gasteiger partial charge in [0.15, 0.2) is 5.58 Å². The third kappa shape index (κ3) is 2.52. The van der Waals surface area contributed by atoms with Gasteiger partial charge in [-0.3, -0.25) is 4.98 Å². The van der Waals surface area contributed by atoms with Gasteiger partial charge in [-0.25, -0.2) is 4.79 Å². The van der Waals surface area contributed by atoms with Crippen LogP contribution in [0.3, 0.4) is 0 Å². The van der Waals surface area contributed by atoms with Gasteiger partial charge >= 0.3 is 5.76 Å². The van der Waals surface area contributed by atoms with Crippen molar-refractivity contribution in [2.45, 2.75) is 33.2 Å². The van der Waals surface area contributed by atoms with Crippen LogP contribution >= 0.6 is 0 Å². The Kier molecular flexibility index (Phi) is 3.22. The number of H-pyrrole nitrogens is 1. The number of nitrogens with one attached hydrogen (secondary N) is 2. The highest BCUT2D eigenvalue weighted by molar-refractivity contribution is 5.76. The number of anilines is 1. The summed E-state index contributed by atoms with van der Waals surface area (Å²) in [4.78, 5) is 13.7. The van der Waals surface area contributed by atoms with E-state index in [0.29, 0.717) is 17.5 Å². The number of aromatic nitrogens is 1. The van der Waals surface area contributed by atoms with E-state index in [-0.39, 0.29) is 0 Å². The molecule has 0 aliphatic rings. The van der Waals surface area contributed by atoms with E-state index < -0.39 is 5.76 Å². The van der Waals surface area contributed by atoms with E-state index in [1.165, 1.54) is 0 Å². The molecular formula is C13H18N2O2. The molecule has 2 N–H and O–H groups in total. The molecule has 0 fully saturated rings. The maximum atomic E-state index is 11.0. The predicted octanol–water partition coefficient (Wildman–Crippen LogP) is 2.97. The molecule has 0 saturated heterocycles. The van der Waals surface area contributed by atoms with Gasteiger partial charge in [-0.2, -0.15) is 0 Å². The quantitative estimate of drug-likeness (QED) is 0.855. The minimum Gasteiger partial charge on any atom is -0.408 e. The molecule has 92 valence electrons. The SMILES string of the molecule is CCC(C)C(C)Nc1ccc2oc(=O)[nH]c2c1. The molecule has 4 heteroatoms. The van der Waals surface area contributed by atoms with E-state index in [1.54, 1.807) is 6.07 Å². The molecule has 2 unspecified atom stereocenters. The number of hydrogen-bond donors (Lipinski definition) is 2. The van der Waals surface area contributed by atoms with Crippen LogP contribution in [0.5, 0.6) is 0 Å². The molecule has 0 amide bonds. The Morgan fingerprint density at radius 3 is 2.88 bits per heavy atom. The van der Waals surface area contributed by atoms with Gasteiger partial charge < -0.3 is 9.73 Å². The average Bonchev–Trinajstić information content (AvgIpc) is 2.67. The summed E-state index contributed by atoms with van der Waals surface area (Å²) in [5, 5.41) is 3.43. The average molecular weight is 234 g/mol. The first-order valence-electron chi connectivity index (χ1n) is 5.99. The molecule has 0 radical (unpaired) electrons. The maximum absolute atomic E-state index is 11.0. The lowest BCUT2D eigenvalue weighted by Gasteiger charge is -2.20. The summed E-state index contributed by atoms with van der Waals surface area (Å²) in [7, 11) is 0. The highest BCUT2D eigenvalue weighted by atomic mass is 16.4. The van der Waals surface area contributed by atoms with Crippen molar-refractivity contribution < 1.29 is 4.42 Å². The summed E-state index contributed by atoms with van der Waals surface area (Å²) in [6.45, 7) is 6.56. The van der Waals surface area contributed by atoms with Crippen molar-refractivity contribution in [1.29, 1.82) is 0 Å². The first-order chi connectivity index (χ1) is 8.10. The first kappa shape index (κ1) is 11.8. The van der Waals surface area contributed by atoms with Gasteiger partial charge in [0.25, 0.3) is 0 Å². The van der Waals surface area contributed by atoms with Crippen molar-refractivity contribution in [3.8, 4) is 0 Å². The second-order valence-electron chi connectivity index (χ2n) is 4.54. The third-order valence-corrected chi connectivity index (χ3v) is 3.31. The summed E-state index contributed by atoms with van der Waals surface area (Å²) >= 11 is 0. The Labute approximate surface area is 100 Å². The fourth-order valence-electron chi connectivity index (χ4n) is 1.80. The number of fused-ring (bicyclic) bond motifs is 1. The Morgan fingerprint density at radius 2 is 2.18 bits per heavy atom. The molecule has 0 aliphatic carbocycles. The molecule has 4 nitrogen and oxygen atoms in total. The van der Waals surface area contributed by atoms with Crippen LogP contribution in [0.15, 0.2) is 27.4 Å². The highest BCUT2D eigenvalue weighted by Crippen LogP contribution is 2.19. The summed E-state index contributed by atoms with van der Waals surface area (Å²) in [6.07, 6.45) is 1.14.